The number of likely N-dealkylation sites (tertiary alicyclic amines) is 1. The Morgan fingerprint density at radius 1 is 1.39 bits per heavy atom. The van der Waals surface area contributed by atoms with Gasteiger partial charge in [-0.05, 0) is 33.6 Å². The molecule has 4 N–H and O–H groups in total. The van der Waals surface area contributed by atoms with Crippen LogP contribution in [0.4, 0.5) is 0 Å². The van der Waals surface area contributed by atoms with Crippen molar-refractivity contribution in [1.82, 2.24) is 9.62 Å². The van der Waals surface area contributed by atoms with Crippen LogP contribution in [-0.4, -0.2) is 49.6 Å². The molecule has 0 aromatic rings. The summed E-state index contributed by atoms with van der Waals surface area (Å²) in [5.41, 5.74) is 5.35. The zero-order valence-corrected chi connectivity index (χ0v) is 12.2. The van der Waals surface area contributed by atoms with E-state index in [1.165, 1.54) is 0 Å². The Hall–Kier alpha value is -0.660. The van der Waals surface area contributed by atoms with Crippen molar-refractivity contribution in [2.75, 3.05) is 19.6 Å². The number of sulfonamides is 1. The number of nitrogens with zero attached hydrogens (tertiary/aromatic N) is 1. The Kier molecular flexibility index (Phi) is 4.74. The van der Waals surface area contributed by atoms with E-state index in [9.17, 15) is 8.42 Å². The molecule has 7 heteroatoms. The van der Waals surface area contributed by atoms with E-state index in [-0.39, 0.29) is 11.9 Å². The SMILES string of the molecule is CC(C)(C)S(=O)(=O)NC1CCN(CC(=N)N)CC1. The molecule has 0 amide bonds. The molecule has 1 rings (SSSR count). The Morgan fingerprint density at radius 2 is 1.89 bits per heavy atom. The molecule has 1 fully saturated rings. The maximum absolute atomic E-state index is 12.0. The highest BCUT2D eigenvalue weighted by Gasteiger charge is 2.32. The third-order valence-electron chi connectivity index (χ3n) is 3.11. The lowest BCUT2D eigenvalue weighted by atomic mass is 10.1. The summed E-state index contributed by atoms with van der Waals surface area (Å²) in [7, 11) is -3.27. The molecule has 0 unspecified atom stereocenters. The third-order valence-corrected chi connectivity index (χ3v) is 5.37. The number of hydrogen-bond acceptors (Lipinski definition) is 4. The van der Waals surface area contributed by atoms with Crippen molar-refractivity contribution < 1.29 is 8.42 Å². The molecular formula is C11H24N4O2S. The fourth-order valence-corrected chi connectivity index (χ4v) is 2.87. The summed E-state index contributed by atoms with van der Waals surface area (Å²) < 4.78 is 26.0. The van der Waals surface area contributed by atoms with Crippen LogP contribution in [0.3, 0.4) is 0 Å². The third kappa shape index (κ3) is 4.22. The highest BCUT2D eigenvalue weighted by Crippen LogP contribution is 2.17. The zero-order valence-electron chi connectivity index (χ0n) is 11.4. The molecule has 1 aliphatic heterocycles. The van der Waals surface area contributed by atoms with Gasteiger partial charge in [0.05, 0.1) is 11.3 Å². The summed E-state index contributed by atoms with van der Waals surface area (Å²) in [4.78, 5) is 2.07. The van der Waals surface area contributed by atoms with Crippen molar-refractivity contribution in [3.63, 3.8) is 0 Å². The second-order valence-corrected chi connectivity index (χ2v) is 8.28. The number of nitrogens with two attached hydrogens (primary N) is 1. The molecule has 18 heavy (non-hydrogen) atoms. The fourth-order valence-electron chi connectivity index (χ4n) is 1.85. The van der Waals surface area contributed by atoms with E-state index in [1.54, 1.807) is 20.8 Å². The predicted octanol–water partition coefficient (Wildman–Crippen LogP) is 0.105. The van der Waals surface area contributed by atoms with Crippen LogP contribution in [0.5, 0.6) is 0 Å². The van der Waals surface area contributed by atoms with E-state index in [0.717, 1.165) is 25.9 Å². The Labute approximate surface area is 109 Å². The van der Waals surface area contributed by atoms with Gasteiger partial charge in [-0.3, -0.25) is 10.3 Å². The molecule has 0 radical (unpaired) electrons. The van der Waals surface area contributed by atoms with Crippen LogP contribution in [0.25, 0.3) is 0 Å². The number of amidine groups is 1. The van der Waals surface area contributed by atoms with Gasteiger partial charge in [0.2, 0.25) is 10.0 Å². The molecule has 0 aromatic carbocycles. The van der Waals surface area contributed by atoms with E-state index in [0.29, 0.717) is 6.54 Å². The number of nitrogens with one attached hydrogen (secondary N) is 2. The predicted molar refractivity (Wildman–Crippen MR) is 73.2 cm³/mol. The lowest BCUT2D eigenvalue weighted by molar-refractivity contribution is 0.231. The van der Waals surface area contributed by atoms with Crippen LogP contribution < -0.4 is 10.5 Å². The summed E-state index contributed by atoms with van der Waals surface area (Å²) in [6, 6.07) is -0.00238. The molecule has 0 aromatic heterocycles. The molecule has 6 nitrogen and oxygen atoms in total. The molecule has 0 aliphatic carbocycles. The van der Waals surface area contributed by atoms with E-state index in [1.807, 2.05) is 0 Å². The fraction of sp³-hybridized carbons (Fsp3) is 0.909. The quantitative estimate of drug-likeness (QED) is 0.501. The van der Waals surface area contributed by atoms with E-state index < -0.39 is 14.8 Å². The van der Waals surface area contributed by atoms with Crippen LogP contribution in [-0.2, 0) is 10.0 Å². The molecule has 0 saturated carbocycles. The molecule has 106 valence electrons. The number of hydrogen-bond donors (Lipinski definition) is 3. The summed E-state index contributed by atoms with van der Waals surface area (Å²) in [5.74, 6) is 0.156. The lowest BCUT2D eigenvalue weighted by Crippen LogP contribution is -2.50. The highest BCUT2D eigenvalue weighted by molar-refractivity contribution is 7.90. The Morgan fingerprint density at radius 3 is 2.28 bits per heavy atom. The minimum atomic E-state index is -3.27. The van der Waals surface area contributed by atoms with Gasteiger partial charge >= 0.3 is 0 Å². The van der Waals surface area contributed by atoms with Crippen molar-refractivity contribution in [3.05, 3.63) is 0 Å². The first-order valence-corrected chi connectivity index (χ1v) is 7.67. The summed E-state index contributed by atoms with van der Waals surface area (Å²) >= 11 is 0. The van der Waals surface area contributed by atoms with Gasteiger partial charge in [-0.25, -0.2) is 13.1 Å². The average Bonchev–Trinajstić information content (AvgIpc) is 2.18. The number of piperidine rings is 1. The molecule has 0 bridgehead atoms. The Bertz CT molecular complexity index is 392. The van der Waals surface area contributed by atoms with Gasteiger partial charge in [0.15, 0.2) is 0 Å². The molecule has 0 spiro atoms. The van der Waals surface area contributed by atoms with Crippen molar-refractivity contribution in [2.45, 2.75) is 44.4 Å². The smallest absolute Gasteiger partial charge is 0.216 e. The first-order chi connectivity index (χ1) is 8.12. The summed E-state index contributed by atoms with van der Waals surface area (Å²) in [6.45, 7) is 7.10. The van der Waals surface area contributed by atoms with Crippen LogP contribution in [0, 0.1) is 5.41 Å². The zero-order chi connectivity index (χ0) is 14.0. The van der Waals surface area contributed by atoms with Gasteiger partial charge in [0.1, 0.15) is 5.84 Å². The van der Waals surface area contributed by atoms with Gasteiger partial charge in [-0.15, -0.1) is 0 Å². The Balaban J connectivity index is 2.48. The minimum absolute atomic E-state index is 0.00238. The molecule has 1 aliphatic rings. The maximum Gasteiger partial charge on any atom is 0.216 e. The van der Waals surface area contributed by atoms with Crippen LogP contribution in [0.2, 0.25) is 0 Å². The topological polar surface area (TPSA) is 99.3 Å². The van der Waals surface area contributed by atoms with Gasteiger partial charge < -0.3 is 5.73 Å². The summed E-state index contributed by atoms with van der Waals surface area (Å²) in [6.07, 6.45) is 1.53. The van der Waals surface area contributed by atoms with Crippen molar-refractivity contribution >= 4 is 15.9 Å². The van der Waals surface area contributed by atoms with Crippen LogP contribution in [0.1, 0.15) is 33.6 Å². The second kappa shape index (κ2) is 5.54. The van der Waals surface area contributed by atoms with Crippen molar-refractivity contribution in [1.29, 1.82) is 5.41 Å². The monoisotopic (exact) mass is 276 g/mol. The average molecular weight is 276 g/mol. The highest BCUT2D eigenvalue weighted by atomic mass is 32.2. The lowest BCUT2D eigenvalue weighted by Gasteiger charge is -2.33. The van der Waals surface area contributed by atoms with E-state index >= 15 is 0 Å². The van der Waals surface area contributed by atoms with Crippen molar-refractivity contribution in [3.8, 4) is 0 Å². The second-order valence-electron chi connectivity index (χ2n) is 5.81. The normalized spacial score (nSPS) is 19.9. The van der Waals surface area contributed by atoms with Crippen LogP contribution >= 0.6 is 0 Å². The first-order valence-electron chi connectivity index (χ1n) is 6.19. The largest absolute Gasteiger partial charge is 0.387 e. The maximum atomic E-state index is 12.0. The first kappa shape index (κ1) is 15.4. The van der Waals surface area contributed by atoms with Gasteiger partial charge in [0, 0.05) is 19.1 Å². The van der Waals surface area contributed by atoms with Gasteiger partial charge in [-0.1, -0.05) is 0 Å². The molecule has 1 saturated heterocycles. The molecule has 1 heterocycles. The summed E-state index contributed by atoms with van der Waals surface area (Å²) in [5, 5.41) is 7.23. The van der Waals surface area contributed by atoms with Gasteiger partial charge in [0.25, 0.3) is 0 Å². The standard InChI is InChI=1S/C11H24N4O2S/c1-11(2,3)18(16,17)14-9-4-6-15(7-5-9)8-10(12)13/h9,14H,4-8H2,1-3H3,(H3,12,13). The van der Waals surface area contributed by atoms with Crippen molar-refractivity contribution in [2.24, 2.45) is 5.73 Å². The molecule has 0 atom stereocenters. The minimum Gasteiger partial charge on any atom is -0.387 e. The van der Waals surface area contributed by atoms with E-state index in [4.69, 9.17) is 11.1 Å². The van der Waals surface area contributed by atoms with E-state index in [2.05, 4.69) is 9.62 Å². The number of rotatable bonds is 4. The van der Waals surface area contributed by atoms with Crippen LogP contribution in [0.15, 0.2) is 0 Å². The van der Waals surface area contributed by atoms with Gasteiger partial charge in [-0.2, -0.15) is 0 Å². The molecular weight excluding hydrogens is 252 g/mol.